The van der Waals surface area contributed by atoms with Crippen molar-refractivity contribution >= 4 is 56.5 Å². The van der Waals surface area contributed by atoms with Crippen molar-refractivity contribution in [2.24, 2.45) is 0 Å². The summed E-state index contributed by atoms with van der Waals surface area (Å²) in [6, 6.07) is 6.84. The van der Waals surface area contributed by atoms with Crippen molar-refractivity contribution in [1.82, 2.24) is 9.97 Å². The van der Waals surface area contributed by atoms with E-state index in [9.17, 15) is 4.79 Å². The van der Waals surface area contributed by atoms with Gasteiger partial charge in [0.1, 0.15) is 22.3 Å². The second kappa shape index (κ2) is 7.23. The molecule has 1 aliphatic rings. The predicted molar refractivity (Wildman–Crippen MR) is 105 cm³/mol. The van der Waals surface area contributed by atoms with E-state index in [1.807, 2.05) is 6.07 Å². The molecule has 5 nitrogen and oxygen atoms in total. The van der Waals surface area contributed by atoms with Gasteiger partial charge in [0.2, 0.25) is 5.91 Å². The minimum absolute atomic E-state index is 0.144. The zero-order valence-corrected chi connectivity index (χ0v) is 16.0. The lowest BCUT2D eigenvalue weighted by atomic mass is 10.2. The summed E-state index contributed by atoms with van der Waals surface area (Å²) in [5.41, 5.74) is 2.31. The predicted octanol–water partition coefficient (Wildman–Crippen LogP) is 4.44. The molecule has 8 heteroatoms. The Morgan fingerprint density at radius 2 is 2.27 bits per heavy atom. The Morgan fingerprint density at radius 3 is 3.08 bits per heavy atom. The normalized spacial score (nSPS) is 12.8. The molecule has 1 N–H and O–H groups in total. The number of halogens is 1. The third-order valence-electron chi connectivity index (χ3n) is 4.18. The highest BCUT2D eigenvalue weighted by Crippen LogP contribution is 2.40. The van der Waals surface area contributed by atoms with E-state index >= 15 is 0 Å². The van der Waals surface area contributed by atoms with Crippen molar-refractivity contribution < 1.29 is 4.79 Å². The van der Waals surface area contributed by atoms with Crippen molar-refractivity contribution in [3.8, 4) is 6.07 Å². The van der Waals surface area contributed by atoms with E-state index in [-0.39, 0.29) is 11.7 Å². The Hall–Kier alpha value is -2.14. The van der Waals surface area contributed by atoms with Crippen LogP contribution < -0.4 is 5.32 Å². The molecule has 0 saturated carbocycles. The molecule has 4 rings (SSSR count). The molecule has 0 saturated heterocycles. The minimum Gasteiger partial charge on any atom is -0.325 e. The van der Waals surface area contributed by atoms with Crippen LogP contribution in [0.25, 0.3) is 10.2 Å². The van der Waals surface area contributed by atoms with Gasteiger partial charge in [0.15, 0.2) is 0 Å². The molecule has 130 valence electrons. The summed E-state index contributed by atoms with van der Waals surface area (Å²) in [6.45, 7) is 0. The quantitative estimate of drug-likeness (QED) is 0.517. The number of hydrogen-bond acceptors (Lipinski definition) is 6. The maximum absolute atomic E-state index is 12.3. The molecule has 1 amide bonds. The number of anilines is 1. The van der Waals surface area contributed by atoms with Gasteiger partial charge in [0, 0.05) is 16.0 Å². The van der Waals surface area contributed by atoms with Gasteiger partial charge in [-0.05, 0) is 43.0 Å². The molecule has 0 aliphatic heterocycles. The van der Waals surface area contributed by atoms with Gasteiger partial charge in [0.05, 0.1) is 16.3 Å². The number of thiophene rings is 1. The van der Waals surface area contributed by atoms with Crippen LogP contribution in [0.5, 0.6) is 0 Å². The molecule has 0 fully saturated rings. The number of nitrogens with zero attached hydrogens (tertiary/aromatic N) is 3. The van der Waals surface area contributed by atoms with Gasteiger partial charge < -0.3 is 5.32 Å². The fraction of sp³-hybridized carbons (Fsp3) is 0.222. The number of benzene rings is 1. The third kappa shape index (κ3) is 3.28. The monoisotopic (exact) mass is 400 g/mol. The highest BCUT2D eigenvalue weighted by atomic mass is 35.5. The maximum Gasteiger partial charge on any atom is 0.234 e. The first-order chi connectivity index (χ1) is 12.7. The van der Waals surface area contributed by atoms with Crippen molar-refractivity contribution in [3.05, 3.63) is 45.6 Å². The lowest BCUT2D eigenvalue weighted by Gasteiger charge is -2.07. The van der Waals surface area contributed by atoms with Crippen molar-refractivity contribution in [1.29, 1.82) is 5.26 Å². The van der Waals surface area contributed by atoms with E-state index < -0.39 is 0 Å². The average Bonchev–Trinajstić information content (AvgIpc) is 3.21. The molecule has 0 unspecified atom stereocenters. The Balaban J connectivity index is 1.48. The van der Waals surface area contributed by atoms with E-state index in [1.165, 1.54) is 28.6 Å². The summed E-state index contributed by atoms with van der Waals surface area (Å²) in [5.74, 6) is 0.100. The van der Waals surface area contributed by atoms with Gasteiger partial charge >= 0.3 is 0 Å². The summed E-state index contributed by atoms with van der Waals surface area (Å²) in [6.07, 6.45) is 4.91. The SMILES string of the molecule is N#Cc1ccc(NC(=O)CSc2ncnc3sc4c(c23)CCC4)cc1Cl. The number of carbonyl (C=O) groups is 1. The maximum atomic E-state index is 12.3. The highest BCUT2D eigenvalue weighted by Gasteiger charge is 2.21. The molecular weight excluding hydrogens is 388 g/mol. The van der Waals surface area contributed by atoms with Gasteiger partial charge in [-0.15, -0.1) is 11.3 Å². The molecular formula is C18H13ClN4OS2. The lowest BCUT2D eigenvalue weighted by molar-refractivity contribution is -0.113. The smallest absolute Gasteiger partial charge is 0.234 e. The fourth-order valence-electron chi connectivity index (χ4n) is 3.02. The molecule has 1 aliphatic carbocycles. The summed E-state index contributed by atoms with van der Waals surface area (Å²) in [4.78, 5) is 23.5. The fourth-order valence-corrected chi connectivity index (χ4v) is 5.37. The summed E-state index contributed by atoms with van der Waals surface area (Å²) < 4.78 is 0. The Morgan fingerprint density at radius 1 is 1.38 bits per heavy atom. The van der Waals surface area contributed by atoms with Crippen LogP contribution in [0.3, 0.4) is 0 Å². The molecule has 0 bridgehead atoms. The number of hydrogen-bond donors (Lipinski definition) is 1. The zero-order valence-electron chi connectivity index (χ0n) is 13.6. The van der Waals surface area contributed by atoms with E-state index in [0.29, 0.717) is 16.3 Å². The van der Waals surface area contributed by atoms with Crippen molar-refractivity contribution in [2.75, 3.05) is 11.1 Å². The molecule has 1 aromatic carbocycles. The molecule has 2 heterocycles. The molecule has 26 heavy (non-hydrogen) atoms. The molecule has 0 spiro atoms. The van der Waals surface area contributed by atoms with Crippen LogP contribution in [-0.4, -0.2) is 21.6 Å². The Labute approximate surface area is 163 Å². The Bertz CT molecular complexity index is 1060. The van der Waals surface area contributed by atoms with Crippen LogP contribution in [0, 0.1) is 11.3 Å². The van der Waals surface area contributed by atoms with Gasteiger partial charge in [-0.25, -0.2) is 9.97 Å². The van der Waals surface area contributed by atoms with Crippen LogP contribution in [0.1, 0.15) is 22.4 Å². The number of carbonyl (C=O) groups excluding carboxylic acids is 1. The Kier molecular flexibility index (Phi) is 4.81. The minimum atomic E-state index is -0.144. The zero-order chi connectivity index (χ0) is 18.1. The number of aryl methyl sites for hydroxylation is 2. The summed E-state index contributed by atoms with van der Waals surface area (Å²) in [5, 5.41) is 14.0. The highest BCUT2D eigenvalue weighted by molar-refractivity contribution is 8.00. The number of rotatable bonds is 4. The first-order valence-electron chi connectivity index (χ1n) is 8.03. The molecule has 3 aromatic rings. The van der Waals surface area contributed by atoms with Gasteiger partial charge in [0.25, 0.3) is 0 Å². The second-order valence-electron chi connectivity index (χ2n) is 5.86. The van der Waals surface area contributed by atoms with Crippen molar-refractivity contribution in [2.45, 2.75) is 24.3 Å². The molecule has 0 atom stereocenters. The number of thioether (sulfide) groups is 1. The van der Waals surface area contributed by atoms with E-state index in [1.54, 1.807) is 35.9 Å². The lowest BCUT2D eigenvalue weighted by Crippen LogP contribution is -2.14. The first kappa shape index (κ1) is 17.3. The van der Waals surface area contributed by atoms with Gasteiger partial charge in [-0.2, -0.15) is 5.26 Å². The van der Waals surface area contributed by atoms with Crippen LogP contribution >= 0.6 is 34.7 Å². The van der Waals surface area contributed by atoms with E-state index in [4.69, 9.17) is 16.9 Å². The van der Waals surface area contributed by atoms with Crippen LogP contribution in [0.4, 0.5) is 5.69 Å². The average molecular weight is 401 g/mol. The van der Waals surface area contributed by atoms with E-state index in [2.05, 4.69) is 15.3 Å². The van der Waals surface area contributed by atoms with Gasteiger partial charge in [-0.3, -0.25) is 4.79 Å². The van der Waals surface area contributed by atoms with Crippen LogP contribution in [-0.2, 0) is 17.6 Å². The number of fused-ring (bicyclic) bond motifs is 3. The summed E-state index contributed by atoms with van der Waals surface area (Å²) >= 11 is 9.15. The first-order valence-corrected chi connectivity index (χ1v) is 10.2. The van der Waals surface area contributed by atoms with Crippen LogP contribution in [0.2, 0.25) is 5.02 Å². The third-order valence-corrected chi connectivity index (χ3v) is 6.68. The van der Waals surface area contributed by atoms with Gasteiger partial charge in [-0.1, -0.05) is 23.4 Å². The second-order valence-corrected chi connectivity index (χ2v) is 8.31. The topological polar surface area (TPSA) is 78.7 Å². The number of nitrogens with one attached hydrogen (secondary N) is 1. The van der Waals surface area contributed by atoms with E-state index in [0.717, 1.165) is 28.1 Å². The number of aromatic nitrogens is 2. The molecule has 2 aromatic heterocycles. The standard InChI is InChI=1S/C18H13ClN4OS2/c19-13-6-11(5-4-10(13)7-20)23-15(24)8-25-17-16-12-2-1-3-14(12)26-18(16)22-9-21-17/h4-6,9H,1-3,8H2,(H,23,24). The number of amides is 1. The number of nitriles is 1. The molecule has 0 radical (unpaired) electrons. The van der Waals surface area contributed by atoms with Crippen molar-refractivity contribution in [3.63, 3.8) is 0 Å². The largest absolute Gasteiger partial charge is 0.325 e. The summed E-state index contributed by atoms with van der Waals surface area (Å²) in [7, 11) is 0. The van der Waals surface area contributed by atoms with Crippen LogP contribution in [0.15, 0.2) is 29.6 Å².